The van der Waals surface area contributed by atoms with E-state index in [1.807, 2.05) is 18.2 Å². The number of rotatable bonds is 8. The summed E-state index contributed by atoms with van der Waals surface area (Å²) in [5.41, 5.74) is 7.17. The average Bonchev–Trinajstić information content (AvgIpc) is 2.66. The van der Waals surface area contributed by atoms with Crippen molar-refractivity contribution in [1.82, 2.24) is 10.2 Å². The summed E-state index contributed by atoms with van der Waals surface area (Å²) in [6.07, 6.45) is 3.36. The Labute approximate surface area is 174 Å². The first kappa shape index (κ1) is 22.8. The molecule has 1 saturated heterocycles. The average molecular weight is 476 g/mol. The van der Waals surface area contributed by atoms with E-state index < -0.39 is 0 Å². The molecule has 26 heavy (non-hydrogen) atoms. The largest absolute Gasteiger partial charge is 0.493 e. The maximum absolute atomic E-state index is 6.00. The minimum Gasteiger partial charge on any atom is -0.493 e. The van der Waals surface area contributed by atoms with Crippen molar-refractivity contribution in [2.45, 2.75) is 26.2 Å². The number of nitrogens with zero attached hydrogens (tertiary/aromatic N) is 2. The zero-order valence-corrected chi connectivity index (χ0v) is 18.5. The Morgan fingerprint density at radius 1 is 1.31 bits per heavy atom. The Hall–Kier alpha value is -1.22. The van der Waals surface area contributed by atoms with E-state index in [1.54, 1.807) is 14.2 Å². The van der Waals surface area contributed by atoms with Crippen molar-refractivity contribution >= 4 is 29.9 Å². The van der Waals surface area contributed by atoms with Crippen LogP contribution in [0, 0.1) is 5.92 Å². The summed E-state index contributed by atoms with van der Waals surface area (Å²) in [6, 6.07) is 5.96. The van der Waals surface area contributed by atoms with Crippen LogP contribution in [0.5, 0.6) is 11.5 Å². The van der Waals surface area contributed by atoms with Gasteiger partial charge in [-0.1, -0.05) is 13.0 Å². The van der Waals surface area contributed by atoms with E-state index in [4.69, 9.17) is 15.2 Å². The van der Waals surface area contributed by atoms with Gasteiger partial charge in [0.25, 0.3) is 0 Å². The molecule has 0 radical (unpaired) electrons. The lowest BCUT2D eigenvalue weighted by molar-refractivity contribution is 0.186. The number of ether oxygens (including phenoxy) is 2. The van der Waals surface area contributed by atoms with E-state index in [-0.39, 0.29) is 24.0 Å². The van der Waals surface area contributed by atoms with Gasteiger partial charge in [0, 0.05) is 19.6 Å². The highest BCUT2D eigenvalue weighted by molar-refractivity contribution is 14.0. The van der Waals surface area contributed by atoms with Crippen molar-refractivity contribution in [1.29, 1.82) is 0 Å². The van der Waals surface area contributed by atoms with Crippen LogP contribution in [0.2, 0.25) is 0 Å². The van der Waals surface area contributed by atoms with Crippen molar-refractivity contribution in [2.24, 2.45) is 16.6 Å². The topological polar surface area (TPSA) is 72.1 Å². The zero-order chi connectivity index (χ0) is 18.1. The molecule has 1 fully saturated rings. The normalized spacial score (nSPS) is 18.1. The molecule has 1 atom stereocenters. The summed E-state index contributed by atoms with van der Waals surface area (Å²) in [4.78, 5) is 7.01. The molecule has 1 heterocycles. The van der Waals surface area contributed by atoms with Gasteiger partial charge in [-0.05, 0) is 56.0 Å². The minimum atomic E-state index is 0. The van der Waals surface area contributed by atoms with E-state index >= 15 is 0 Å². The second kappa shape index (κ2) is 12.2. The van der Waals surface area contributed by atoms with Crippen LogP contribution in [0.4, 0.5) is 0 Å². The SMILES string of the molecule is CCN1CCCC(CN=C(N)NCCc2ccc(OC)c(OC)c2)C1.I. The predicted octanol–water partition coefficient (Wildman–Crippen LogP) is 2.50. The van der Waals surface area contributed by atoms with Crippen molar-refractivity contribution in [3.05, 3.63) is 23.8 Å². The summed E-state index contributed by atoms with van der Waals surface area (Å²) in [6.45, 7) is 7.26. The maximum atomic E-state index is 6.00. The molecule has 1 aromatic carbocycles. The summed E-state index contributed by atoms with van der Waals surface area (Å²) in [5, 5.41) is 3.20. The molecule has 0 saturated carbocycles. The number of likely N-dealkylation sites (tertiary alicyclic amines) is 1. The van der Waals surface area contributed by atoms with Gasteiger partial charge in [-0.15, -0.1) is 24.0 Å². The van der Waals surface area contributed by atoms with Crippen LogP contribution in [-0.4, -0.2) is 57.8 Å². The molecule has 1 aromatic rings. The van der Waals surface area contributed by atoms with Crippen LogP contribution in [0.3, 0.4) is 0 Å². The van der Waals surface area contributed by atoms with Gasteiger partial charge in [0.15, 0.2) is 17.5 Å². The molecule has 2 rings (SSSR count). The number of halogens is 1. The monoisotopic (exact) mass is 476 g/mol. The smallest absolute Gasteiger partial charge is 0.188 e. The highest BCUT2D eigenvalue weighted by Gasteiger charge is 2.18. The molecule has 6 nitrogen and oxygen atoms in total. The first-order valence-corrected chi connectivity index (χ1v) is 9.13. The molecule has 1 aliphatic heterocycles. The Kier molecular flexibility index (Phi) is 10.7. The second-order valence-electron chi connectivity index (χ2n) is 6.49. The Balaban J connectivity index is 0.00000338. The third kappa shape index (κ3) is 7.19. The standard InChI is InChI=1S/C19H32N4O2.HI/c1-4-23-11-5-6-16(14-23)13-22-19(20)21-10-9-15-7-8-17(24-2)18(12-15)25-3;/h7-8,12,16H,4-6,9-11,13-14H2,1-3H3,(H3,20,21,22);1H. The second-order valence-corrected chi connectivity index (χ2v) is 6.49. The number of nitrogens with two attached hydrogens (primary N) is 1. The first-order chi connectivity index (χ1) is 12.2. The Morgan fingerprint density at radius 2 is 2.08 bits per heavy atom. The lowest BCUT2D eigenvalue weighted by atomic mass is 9.98. The fourth-order valence-corrected chi connectivity index (χ4v) is 3.24. The summed E-state index contributed by atoms with van der Waals surface area (Å²) in [5.74, 6) is 2.65. The Bertz CT molecular complexity index is 568. The van der Waals surface area contributed by atoms with E-state index in [0.717, 1.165) is 44.1 Å². The van der Waals surface area contributed by atoms with Gasteiger partial charge in [0.2, 0.25) is 0 Å². The molecular formula is C19H33IN4O2. The summed E-state index contributed by atoms with van der Waals surface area (Å²) >= 11 is 0. The molecule has 0 bridgehead atoms. The third-order valence-electron chi connectivity index (χ3n) is 4.74. The van der Waals surface area contributed by atoms with Crippen molar-refractivity contribution < 1.29 is 9.47 Å². The van der Waals surface area contributed by atoms with E-state index in [9.17, 15) is 0 Å². The lowest BCUT2D eigenvalue weighted by Gasteiger charge is -2.30. The fraction of sp³-hybridized carbons (Fsp3) is 0.632. The molecule has 0 aromatic heterocycles. The fourth-order valence-electron chi connectivity index (χ4n) is 3.24. The van der Waals surface area contributed by atoms with Crippen molar-refractivity contribution in [3.8, 4) is 11.5 Å². The molecule has 1 unspecified atom stereocenters. The number of piperidine rings is 1. The van der Waals surface area contributed by atoms with Crippen molar-refractivity contribution in [3.63, 3.8) is 0 Å². The number of aliphatic imine (C=N–C) groups is 1. The molecule has 3 N–H and O–H groups in total. The van der Waals surface area contributed by atoms with Gasteiger partial charge in [-0.2, -0.15) is 0 Å². The number of nitrogens with one attached hydrogen (secondary N) is 1. The number of guanidine groups is 1. The first-order valence-electron chi connectivity index (χ1n) is 9.13. The van der Waals surface area contributed by atoms with Gasteiger partial charge >= 0.3 is 0 Å². The number of hydrogen-bond donors (Lipinski definition) is 2. The molecule has 0 aliphatic carbocycles. The summed E-state index contributed by atoms with van der Waals surface area (Å²) < 4.78 is 10.6. The van der Waals surface area contributed by atoms with Gasteiger partial charge in [-0.3, -0.25) is 4.99 Å². The molecular weight excluding hydrogens is 443 g/mol. The van der Waals surface area contributed by atoms with Crippen LogP contribution in [0.25, 0.3) is 0 Å². The van der Waals surface area contributed by atoms with Gasteiger partial charge in [0.05, 0.1) is 14.2 Å². The molecule has 0 amide bonds. The number of hydrogen-bond acceptors (Lipinski definition) is 4. The van der Waals surface area contributed by atoms with E-state index in [0.29, 0.717) is 11.9 Å². The lowest BCUT2D eigenvalue weighted by Crippen LogP contribution is -2.38. The predicted molar refractivity (Wildman–Crippen MR) is 118 cm³/mol. The van der Waals surface area contributed by atoms with Crippen LogP contribution >= 0.6 is 24.0 Å². The van der Waals surface area contributed by atoms with Crippen molar-refractivity contribution in [2.75, 3.05) is 46.9 Å². The highest BCUT2D eigenvalue weighted by atomic mass is 127. The quantitative estimate of drug-likeness (QED) is 0.343. The zero-order valence-electron chi connectivity index (χ0n) is 16.2. The molecule has 7 heteroatoms. The molecule has 0 spiro atoms. The van der Waals surface area contributed by atoms with Crippen LogP contribution < -0.4 is 20.5 Å². The minimum absolute atomic E-state index is 0. The van der Waals surface area contributed by atoms with Gasteiger partial charge < -0.3 is 25.4 Å². The third-order valence-corrected chi connectivity index (χ3v) is 4.74. The maximum Gasteiger partial charge on any atom is 0.188 e. The van der Waals surface area contributed by atoms with Gasteiger partial charge in [0.1, 0.15) is 0 Å². The van der Waals surface area contributed by atoms with Crippen LogP contribution in [0.1, 0.15) is 25.3 Å². The van der Waals surface area contributed by atoms with Gasteiger partial charge in [-0.25, -0.2) is 0 Å². The molecule has 1 aliphatic rings. The number of benzene rings is 1. The molecule has 148 valence electrons. The van der Waals surface area contributed by atoms with Crippen LogP contribution in [-0.2, 0) is 6.42 Å². The Morgan fingerprint density at radius 3 is 2.77 bits per heavy atom. The number of methoxy groups -OCH3 is 2. The van der Waals surface area contributed by atoms with E-state index in [2.05, 4.69) is 22.1 Å². The highest BCUT2D eigenvalue weighted by Crippen LogP contribution is 2.27. The van der Waals surface area contributed by atoms with Crippen LogP contribution in [0.15, 0.2) is 23.2 Å². The summed E-state index contributed by atoms with van der Waals surface area (Å²) in [7, 11) is 3.29. The van der Waals surface area contributed by atoms with E-state index in [1.165, 1.54) is 24.9 Å².